The first-order valence-corrected chi connectivity index (χ1v) is 6.49. The standard InChI is InChI=1S/C14H15N5O3/c1-18(2)14-15-7-6-11(17-14)9-16-13(20)10-4-3-5-12(8-10)19(21)22/h3-8H,9H2,1-2H3,(H,16,20). The van der Waals surface area contributed by atoms with Crippen LogP contribution in [0.3, 0.4) is 0 Å². The summed E-state index contributed by atoms with van der Waals surface area (Å²) in [7, 11) is 3.64. The summed E-state index contributed by atoms with van der Waals surface area (Å²) in [6.45, 7) is 0.213. The molecule has 0 unspecified atom stereocenters. The topological polar surface area (TPSA) is 101 Å². The van der Waals surface area contributed by atoms with Gasteiger partial charge in [-0.05, 0) is 12.1 Å². The lowest BCUT2D eigenvalue weighted by atomic mass is 10.2. The second-order valence-electron chi connectivity index (χ2n) is 4.73. The number of aromatic nitrogens is 2. The first-order chi connectivity index (χ1) is 10.5. The van der Waals surface area contributed by atoms with Crippen molar-refractivity contribution in [3.8, 4) is 0 Å². The number of nitrogens with zero attached hydrogens (tertiary/aromatic N) is 4. The Balaban J connectivity index is 2.05. The fourth-order valence-electron chi connectivity index (χ4n) is 1.73. The van der Waals surface area contributed by atoms with Gasteiger partial charge in [0.05, 0.1) is 17.2 Å². The molecule has 0 saturated carbocycles. The average molecular weight is 301 g/mol. The number of nitro groups is 1. The fourth-order valence-corrected chi connectivity index (χ4v) is 1.73. The van der Waals surface area contributed by atoms with Crippen molar-refractivity contribution in [2.24, 2.45) is 0 Å². The molecule has 2 rings (SSSR count). The zero-order valence-corrected chi connectivity index (χ0v) is 12.2. The number of amides is 1. The van der Waals surface area contributed by atoms with E-state index in [1.54, 1.807) is 17.2 Å². The molecule has 0 fully saturated rings. The third kappa shape index (κ3) is 3.75. The molecule has 1 heterocycles. The van der Waals surface area contributed by atoms with E-state index in [-0.39, 0.29) is 17.8 Å². The highest BCUT2D eigenvalue weighted by Crippen LogP contribution is 2.13. The van der Waals surface area contributed by atoms with E-state index < -0.39 is 10.8 Å². The molecule has 114 valence electrons. The third-order valence-electron chi connectivity index (χ3n) is 2.85. The minimum atomic E-state index is -0.537. The van der Waals surface area contributed by atoms with Crippen molar-refractivity contribution in [3.05, 3.63) is 57.9 Å². The smallest absolute Gasteiger partial charge is 0.270 e. The summed E-state index contributed by atoms with van der Waals surface area (Å²) in [6.07, 6.45) is 1.61. The molecule has 0 aliphatic carbocycles. The lowest BCUT2D eigenvalue weighted by Crippen LogP contribution is -2.24. The fraction of sp³-hybridized carbons (Fsp3) is 0.214. The zero-order valence-electron chi connectivity index (χ0n) is 12.2. The number of benzene rings is 1. The van der Waals surface area contributed by atoms with E-state index >= 15 is 0 Å². The van der Waals surface area contributed by atoms with Crippen LogP contribution in [0.15, 0.2) is 36.5 Å². The molecule has 8 nitrogen and oxygen atoms in total. The van der Waals surface area contributed by atoms with Gasteiger partial charge >= 0.3 is 0 Å². The summed E-state index contributed by atoms with van der Waals surface area (Å²) in [5, 5.41) is 13.4. The Morgan fingerprint density at radius 2 is 2.14 bits per heavy atom. The number of non-ortho nitro benzene ring substituents is 1. The van der Waals surface area contributed by atoms with E-state index in [2.05, 4.69) is 15.3 Å². The van der Waals surface area contributed by atoms with Crippen LogP contribution in [0, 0.1) is 10.1 Å². The van der Waals surface area contributed by atoms with Gasteiger partial charge in [0.1, 0.15) is 0 Å². The van der Waals surface area contributed by atoms with Crippen LogP contribution in [0.2, 0.25) is 0 Å². The summed E-state index contributed by atoms with van der Waals surface area (Å²) < 4.78 is 0. The van der Waals surface area contributed by atoms with E-state index in [0.29, 0.717) is 11.6 Å². The molecule has 0 spiro atoms. The maximum Gasteiger partial charge on any atom is 0.270 e. The molecule has 0 aliphatic heterocycles. The number of nitrogens with one attached hydrogen (secondary N) is 1. The van der Waals surface area contributed by atoms with Crippen LogP contribution in [-0.2, 0) is 6.54 Å². The molecule has 1 aromatic heterocycles. The Bertz CT molecular complexity index is 702. The van der Waals surface area contributed by atoms with Crippen molar-refractivity contribution < 1.29 is 9.72 Å². The Kier molecular flexibility index (Phi) is 4.62. The van der Waals surface area contributed by atoms with Crippen LogP contribution in [-0.4, -0.2) is 34.9 Å². The highest BCUT2D eigenvalue weighted by molar-refractivity contribution is 5.94. The predicted molar refractivity (Wildman–Crippen MR) is 80.6 cm³/mol. The Morgan fingerprint density at radius 3 is 2.82 bits per heavy atom. The Morgan fingerprint density at radius 1 is 1.36 bits per heavy atom. The summed E-state index contributed by atoms with van der Waals surface area (Å²) in [4.78, 5) is 32.3. The summed E-state index contributed by atoms with van der Waals surface area (Å²) in [5.74, 6) is 0.149. The minimum absolute atomic E-state index is 0.121. The monoisotopic (exact) mass is 301 g/mol. The Labute approximate surface area is 127 Å². The van der Waals surface area contributed by atoms with Gasteiger partial charge in [0, 0.05) is 38.0 Å². The SMILES string of the molecule is CN(C)c1nccc(CNC(=O)c2cccc([N+](=O)[O-])c2)n1. The number of hydrogen-bond acceptors (Lipinski definition) is 6. The van der Waals surface area contributed by atoms with E-state index in [0.717, 1.165) is 0 Å². The van der Waals surface area contributed by atoms with Crippen molar-refractivity contribution in [2.75, 3.05) is 19.0 Å². The van der Waals surface area contributed by atoms with E-state index in [1.807, 2.05) is 14.1 Å². The number of carbonyl (C=O) groups is 1. The predicted octanol–water partition coefficient (Wildman–Crippen LogP) is 1.38. The molecule has 1 aromatic carbocycles. The molecule has 0 saturated heterocycles. The van der Waals surface area contributed by atoms with Crippen molar-refractivity contribution in [2.45, 2.75) is 6.54 Å². The number of rotatable bonds is 5. The van der Waals surface area contributed by atoms with Gasteiger partial charge in [0.25, 0.3) is 11.6 Å². The summed E-state index contributed by atoms with van der Waals surface area (Å²) >= 11 is 0. The van der Waals surface area contributed by atoms with Gasteiger partial charge < -0.3 is 10.2 Å². The maximum atomic E-state index is 12.0. The van der Waals surface area contributed by atoms with Gasteiger partial charge in [0.15, 0.2) is 0 Å². The van der Waals surface area contributed by atoms with E-state index in [4.69, 9.17) is 0 Å². The molecule has 0 radical (unpaired) electrons. The first kappa shape index (κ1) is 15.4. The Hall–Kier alpha value is -3.03. The van der Waals surface area contributed by atoms with Gasteiger partial charge in [-0.15, -0.1) is 0 Å². The van der Waals surface area contributed by atoms with Crippen molar-refractivity contribution >= 4 is 17.5 Å². The minimum Gasteiger partial charge on any atom is -0.347 e. The van der Waals surface area contributed by atoms with Crippen LogP contribution in [0.4, 0.5) is 11.6 Å². The molecule has 1 amide bonds. The van der Waals surface area contributed by atoms with Crippen LogP contribution in [0.1, 0.15) is 16.1 Å². The van der Waals surface area contributed by atoms with Crippen molar-refractivity contribution in [1.29, 1.82) is 0 Å². The molecule has 0 atom stereocenters. The van der Waals surface area contributed by atoms with Crippen LogP contribution in [0.5, 0.6) is 0 Å². The number of hydrogen-bond donors (Lipinski definition) is 1. The number of carbonyl (C=O) groups excluding carboxylic acids is 1. The number of nitro benzene ring substituents is 1. The lowest BCUT2D eigenvalue weighted by molar-refractivity contribution is -0.384. The van der Waals surface area contributed by atoms with Gasteiger partial charge in [-0.25, -0.2) is 9.97 Å². The third-order valence-corrected chi connectivity index (χ3v) is 2.85. The average Bonchev–Trinajstić information content (AvgIpc) is 2.53. The lowest BCUT2D eigenvalue weighted by Gasteiger charge is -2.11. The van der Waals surface area contributed by atoms with Gasteiger partial charge in [0.2, 0.25) is 5.95 Å². The molecule has 8 heteroatoms. The quantitative estimate of drug-likeness (QED) is 0.661. The van der Waals surface area contributed by atoms with Gasteiger partial charge in [-0.3, -0.25) is 14.9 Å². The van der Waals surface area contributed by atoms with E-state index in [9.17, 15) is 14.9 Å². The molecule has 0 aliphatic rings. The molecular weight excluding hydrogens is 286 g/mol. The largest absolute Gasteiger partial charge is 0.347 e. The van der Waals surface area contributed by atoms with Gasteiger partial charge in [-0.2, -0.15) is 0 Å². The van der Waals surface area contributed by atoms with E-state index in [1.165, 1.54) is 24.3 Å². The first-order valence-electron chi connectivity index (χ1n) is 6.49. The maximum absolute atomic E-state index is 12.0. The highest BCUT2D eigenvalue weighted by atomic mass is 16.6. The van der Waals surface area contributed by atoms with Gasteiger partial charge in [-0.1, -0.05) is 6.07 Å². The second kappa shape index (κ2) is 6.61. The van der Waals surface area contributed by atoms with Crippen molar-refractivity contribution in [1.82, 2.24) is 15.3 Å². The second-order valence-corrected chi connectivity index (χ2v) is 4.73. The molecular formula is C14H15N5O3. The van der Waals surface area contributed by atoms with Crippen LogP contribution < -0.4 is 10.2 Å². The molecule has 22 heavy (non-hydrogen) atoms. The van der Waals surface area contributed by atoms with Crippen molar-refractivity contribution in [3.63, 3.8) is 0 Å². The summed E-state index contributed by atoms with van der Waals surface area (Å²) in [5.41, 5.74) is 0.762. The van der Waals surface area contributed by atoms with Crippen LogP contribution in [0.25, 0.3) is 0 Å². The normalized spacial score (nSPS) is 10.1. The number of anilines is 1. The molecule has 0 bridgehead atoms. The zero-order chi connectivity index (χ0) is 16.1. The molecule has 2 aromatic rings. The summed E-state index contributed by atoms with van der Waals surface area (Å²) in [6, 6.07) is 7.27. The highest BCUT2D eigenvalue weighted by Gasteiger charge is 2.11. The molecule has 1 N–H and O–H groups in total. The van der Waals surface area contributed by atoms with Crippen LogP contribution >= 0.6 is 0 Å².